The third-order valence-electron chi connectivity index (χ3n) is 4.17. The van der Waals surface area contributed by atoms with E-state index < -0.39 is 5.82 Å². The van der Waals surface area contributed by atoms with E-state index in [1.807, 2.05) is 26.0 Å². The van der Waals surface area contributed by atoms with E-state index in [0.717, 1.165) is 12.2 Å². The number of aryl methyl sites for hydroxylation is 1. The van der Waals surface area contributed by atoms with E-state index in [-0.39, 0.29) is 17.5 Å². The highest BCUT2D eigenvalue weighted by Gasteiger charge is 2.30. The van der Waals surface area contributed by atoms with E-state index in [1.165, 1.54) is 23.9 Å². The van der Waals surface area contributed by atoms with E-state index in [1.54, 1.807) is 4.90 Å². The summed E-state index contributed by atoms with van der Waals surface area (Å²) in [6.07, 6.45) is 0. The fourth-order valence-electron chi connectivity index (χ4n) is 2.96. The zero-order valence-electron chi connectivity index (χ0n) is 12.1. The topological polar surface area (TPSA) is 51.3 Å². The second-order valence-corrected chi connectivity index (χ2v) is 5.47. The molecule has 1 amide bonds. The van der Waals surface area contributed by atoms with Gasteiger partial charge < -0.3 is 15.2 Å². The van der Waals surface area contributed by atoms with Crippen molar-refractivity contribution in [1.29, 1.82) is 0 Å². The zero-order valence-corrected chi connectivity index (χ0v) is 12.1. The van der Waals surface area contributed by atoms with Crippen LogP contribution in [0.25, 0.3) is 0 Å². The van der Waals surface area contributed by atoms with Crippen LogP contribution >= 0.6 is 0 Å². The molecule has 110 valence electrons. The van der Waals surface area contributed by atoms with Gasteiger partial charge in [0.2, 0.25) is 0 Å². The number of hydrogen-bond acceptors (Lipinski definition) is 2. The van der Waals surface area contributed by atoms with Gasteiger partial charge in [-0.3, -0.25) is 4.79 Å². The number of carbonyl (C=O) groups is 1. The lowest BCUT2D eigenvalue weighted by molar-refractivity contribution is 0.0638. The summed E-state index contributed by atoms with van der Waals surface area (Å²) >= 11 is 0. The van der Waals surface area contributed by atoms with Crippen molar-refractivity contribution in [1.82, 2.24) is 9.47 Å². The summed E-state index contributed by atoms with van der Waals surface area (Å²) in [6.45, 7) is 5.31. The molecule has 4 nitrogen and oxygen atoms in total. The number of anilines is 1. The summed E-state index contributed by atoms with van der Waals surface area (Å²) in [7, 11) is 0. The van der Waals surface area contributed by atoms with Crippen LogP contribution in [-0.2, 0) is 6.54 Å². The van der Waals surface area contributed by atoms with E-state index in [2.05, 4.69) is 4.57 Å². The monoisotopic (exact) mass is 287 g/mol. The summed E-state index contributed by atoms with van der Waals surface area (Å²) in [4.78, 5) is 14.3. The van der Waals surface area contributed by atoms with Crippen LogP contribution in [0.5, 0.6) is 0 Å². The largest absolute Gasteiger partial charge is 0.399 e. The van der Waals surface area contributed by atoms with Crippen LogP contribution in [0.4, 0.5) is 10.1 Å². The van der Waals surface area contributed by atoms with Crippen molar-refractivity contribution >= 4 is 11.6 Å². The number of fused-ring (bicyclic) bond motifs is 1. The minimum absolute atomic E-state index is 0.0404. The lowest BCUT2D eigenvalue weighted by Gasteiger charge is -2.35. The Labute approximate surface area is 123 Å². The number of nitrogen functional groups attached to an aromatic ring is 1. The quantitative estimate of drug-likeness (QED) is 0.820. The first-order chi connectivity index (χ1) is 9.99. The number of carbonyl (C=O) groups excluding carboxylic acids is 1. The summed E-state index contributed by atoms with van der Waals surface area (Å²) in [5.41, 5.74) is 8.36. The molecule has 21 heavy (non-hydrogen) atoms. The number of amides is 1. The molecule has 0 saturated heterocycles. The Balaban J connectivity index is 1.95. The SMILES string of the molecule is Cc1ccc2n1CCN(C(=O)c1cc(N)ccc1F)C2C. The van der Waals surface area contributed by atoms with Gasteiger partial charge >= 0.3 is 0 Å². The summed E-state index contributed by atoms with van der Waals surface area (Å²) in [5.74, 6) is -0.837. The van der Waals surface area contributed by atoms with Crippen molar-refractivity contribution in [2.24, 2.45) is 0 Å². The van der Waals surface area contributed by atoms with Crippen molar-refractivity contribution in [3.8, 4) is 0 Å². The summed E-state index contributed by atoms with van der Waals surface area (Å²) < 4.78 is 16.1. The Morgan fingerprint density at radius 1 is 1.29 bits per heavy atom. The zero-order chi connectivity index (χ0) is 15.1. The Bertz CT molecular complexity index is 708. The van der Waals surface area contributed by atoms with E-state index in [0.29, 0.717) is 12.2 Å². The number of nitrogens with zero attached hydrogens (tertiary/aromatic N) is 2. The molecule has 0 bridgehead atoms. The fraction of sp³-hybridized carbons (Fsp3) is 0.312. The molecule has 1 aromatic heterocycles. The van der Waals surface area contributed by atoms with Gasteiger partial charge in [-0.05, 0) is 44.2 Å². The molecule has 1 aliphatic rings. The highest BCUT2D eigenvalue weighted by Crippen LogP contribution is 2.29. The molecular formula is C16H18FN3O. The van der Waals surface area contributed by atoms with Crippen LogP contribution < -0.4 is 5.73 Å². The molecule has 1 atom stereocenters. The normalized spacial score (nSPS) is 17.7. The molecule has 2 N–H and O–H groups in total. The molecule has 0 radical (unpaired) electrons. The second kappa shape index (κ2) is 4.91. The van der Waals surface area contributed by atoms with Gasteiger partial charge in [-0.2, -0.15) is 0 Å². The first-order valence-corrected chi connectivity index (χ1v) is 7.01. The van der Waals surface area contributed by atoms with Crippen LogP contribution in [0.2, 0.25) is 0 Å². The molecule has 0 saturated carbocycles. The lowest BCUT2D eigenvalue weighted by atomic mass is 10.1. The minimum Gasteiger partial charge on any atom is -0.399 e. The molecule has 0 aliphatic carbocycles. The highest BCUT2D eigenvalue weighted by atomic mass is 19.1. The number of nitrogens with two attached hydrogens (primary N) is 1. The van der Waals surface area contributed by atoms with E-state index >= 15 is 0 Å². The van der Waals surface area contributed by atoms with Crippen LogP contribution in [0.1, 0.15) is 34.7 Å². The molecule has 1 aliphatic heterocycles. The number of aromatic nitrogens is 1. The van der Waals surface area contributed by atoms with Gasteiger partial charge in [0.1, 0.15) is 5.82 Å². The van der Waals surface area contributed by atoms with E-state index in [4.69, 9.17) is 5.73 Å². The number of benzene rings is 1. The number of hydrogen-bond donors (Lipinski definition) is 1. The maximum Gasteiger partial charge on any atom is 0.257 e. The maximum absolute atomic E-state index is 13.9. The third kappa shape index (κ3) is 2.18. The van der Waals surface area contributed by atoms with Crippen molar-refractivity contribution in [3.05, 3.63) is 53.1 Å². The molecule has 3 rings (SSSR count). The average molecular weight is 287 g/mol. The molecule has 2 heterocycles. The Hall–Kier alpha value is -2.30. The maximum atomic E-state index is 13.9. The lowest BCUT2D eigenvalue weighted by Crippen LogP contribution is -2.41. The highest BCUT2D eigenvalue weighted by molar-refractivity contribution is 5.95. The predicted octanol–water partition coefficient (Wildman–Crippen LogP) is 2.73. The standard InChI is InChI=1S/C16H18FN3O/c1-10-3-6-15-11(2)20(8-7-19(10)15)16(21)13-9-12(18)4-5-14(13)17/h3-6,9,11H,7-8,18H2,1-2H3. The fourth-order valence-corrected chi connectivity index (χ4v) is 2.96. The molecule has 2 aromatic rings. The number of halogens is 1. The van der Waals surface area contributed by atoms with E-state index in [9.17, 15) is 9.18 Å². The van der Waals surface area contributed by atoms with Crippen LogP contribution in [0.15, 0.2) is 30.3 Å². The molecule has 5 heteroatoms. The molecule has 1 aromatic carbocycles. The van der Waals surface area contributed by atoms with Gasteiger partial charge in [0.15, 0.2) is 0 Å². The van der Waals surface area contributed by atoms with Crippen molar-refractivity contribution < 1.29 is 9.18 Å². The third-order valence-corrected chi connectivity index (χ3v) is 4.17. The minimum atomic E-state index is -0.529. The summed E-state index contributed by atoms with van der Waals surface area (Å²) in [5, 5.41) is 0. The van der Waals surface area contributed by atoms with Crippen LogP contribution in [0, 0.1) is 12.7 Å². The molecule has 1 unspecified atom stereocenters. The molecule has 0 fully saturated rings. The Kier molecular flexibility index (Phi) is 3.20. The number of rotatable bonds is 1. The molecule has 0 spiro atoms. The summed E-state index contributed by atoms with van der Waals surface area (Å²) in [6, 6.07) is 8.09. The van der Waals surface area contributed by atoms with Crippen molar-refractivity contribution in [2.75, 3.05) is 12.3 Å². The van der Waals surface area contributed by atoms with Gasteiger partial charge in [-0.15, -0.1) is 0 Å². The van der Waals surface area contributed by atoms with Crippen LogP contribution in [-0.4, -0.2) is 21.9 Å². The predicted molar refractivity (Wildman–Crippen MR) is 79.4 cm³/mol. The van der Waals surface area contributed by atoms with Crippen LogP contribution in [0.3, 0.4) is 0 Å². The second-order valence-electron chi connectivity index (χ2n) is 5.47. The average Bonchev–Trinajstić information content (AvgIpc) is 2.84. The van der Waals surface area contributed by atoms with Gasteiger partial charge in [-0.1, -0.05) is 0 Å². The van der Waals surface area contributed by atoms with Gasteiger partial charge in [0, 0.05) is 30.2 Å². The molecular weight excluding hydrogens is 269 g/mol. The van der Waals surface area contributed by atoms with Gasteiger partial charge in [-0.25, -0.2) is 4.39 Å². The first-order valence-electron chi connectivity index (χ1n) is 7.01. The first kappa shape index (κ1) is 13.7. The smallest absolute Gasteiger partial charge is 0.257 e. The van der Waals surface area contributed by atoms with Gasteiger partial charge in [0.25, 0.3) is 5.91 Å². The Morgan fingerprint density at radius 3 is 2.81 bits per heavy atom. The van der Waals surface area contributed by atoms with Gasteiger partial charge in [0.05, 0.1) is 11.6 Å². The van der Waals surface area contributed by atoms with Crippen molar-refractivity contribution in [2.45, 2.75) is 26.4 Å². The van der Waals surface area contributed by atoms with Crippen molar-refractivity contribution in [3.63, 3.8) is 0 Å². The Morgan fingerprint density at radius 2 is 2.05 bits per heavy atom.